The Balaban J connectivity index is 2.61. The fourth-order valence-corrected chi connectivity index (χ4v) is 7.94. The summed E-state index contributed by atoms with van der Waals surface area (Å²) in [5.41, 5.74) is 5.84. The summed E-state index contributed by atoms with van der Waals surface area (Å²) in [5.74, 6) is -8.00. The number of halogens is 4. The molecule has 2 aromatic rings. The summed E-state index contributed by atoms with van der Waals surface area (Å²) in [7, 11) is 3.65. The molecule has 1 aromatic carbocycles. The number of alkyl halides is 3. The third kappa shape index (κ3) is 15.6. The summed E-state index contributed by atoms with van der Waals surface area (Å²) in [6, 6.07) is -2.68. The minimum Gasteiger partial charge on any atom is -0.479 e. The van der Waals surface area contributed by atoms with E-state index in [0.717, 1.165) is 21.5 Å². The van der Waals surface area contributed by atoms with E-state index in [0.29, 0.717) is 20.9 Å². The Hall–Kier alpha value is -5.00. The molecule has 0 spiro atoms. The number of fused-ring (bicyclic) bond motifs is 1. The molecule has 64 heavy (non-hydrogen) atoms. The number of carbonyl (C=O) groups is 7. The lowest BCUT2D eigenvalue weighted by atomic mass is 9.97. The molecule has 0 saturated carbocycles. The minimum absolute atomic E-state index is 0.0147. The van der Waals surface area contributed by atoms with Crippen LogP contribution in [0.15, 0.2) is 23.6 Å². The van der Waals surface area contributed by atoms with E-state index in [4.69, 9.17) is 27.3 Å². The second kappa shape index (κ2) is 24.3. The molecule has 5 N–H and O–H groups in total. The number of thiophene rings is 1. The van der Waals surface area contributed by atoms with Crippen molar-refractivity contribution in [3.63, 3.8) is 0 Å². The van der Waals surface area contributed by atoms with Gasteiger partial charge in [-0.2, -0.15) is 18.4 Å². The van der Waals surface area contributed by atoms with E-state index in [-0.39, 0.29) is 56.3 Å². The first kappa shape index (κ1) is 55.1. The van der Waals surface area contributed by atoms with Crippen LogP contribution < -0.4 is 16.4 Å². The van der Waals surface area contributed by atoms with Crippen LogP contribution in [0.1, 0.15) is 86.1 Å². The van der Waals surface area contributed by atoms with Crippen LogP contribution in [0.5, 0.6) is 0 Å². The van der Waals surface area contributed by atoms with Gasteiger partial charge in [0.25, 0.3) is 0 Å². The topological polar surface area (TPSA) is 233 Å². The van der Waals surface area contributed by atoms with E-state index in [2.05, 4.69) is 10.6 Å². The smallest absolute Gasteiger partial charge is 0.412 e. The van der Waals surface area contributed by atoms with Gasteiger partial charge in [-0.15, -0.1) is 11.3 Å². The van der Waals surface area contributed by atoms with Crippen LogP contribution in [0.2, 0.25) is 5.02 Å². The zero-order chi connectivity index (χ0) is 49.0. The summed E-state index contributed by atoms with van der Waals surface area (Å²) in [6.45, 7) is 11.8. The molecule has 0 aliphatic heterocycles. The predicted octanol–water partition coefficient (Wildman–Crippen LogP) is 4.90. The lowest BCUT2D eigenvalue weighted by Crippen LogP contribution is -2.61. The van der Waals surface area contributed by atoms with E-state index >= 15 is 0 Å². The number of nitriles is 1. The number of carbonyl (C=O) groups excluding carboxylic acids is 6. The second-order valence-electron chi connectivity index (χ2n) is 17.2. The number of nitrogens with zero attached hydrogens (tertiary/aromatic N) is 4. The molecule has 2 rings (SSSR count). The SMILES string of the molecule is CC(C)C[C@H](NC(=O)[C@H](Cc1csc2ccc(Cl)cc12)N(C)C(=O)[C@H](CC(C)C)NC(=O)[C@H](CC(C)C)N(C)C(=O)[C@@H](N)C(F)(F)F)C(=O)N(C)[C@@H](C)C(=O)O[C@H](CCC#N)C(=O)O. The Morgan fingerprint density at radius 3 is 1.81 bits per heavy atom. The molecule has 0 aliphatic carbocycles. The number of likely N-dealkylation sites (N-methyl/N-ethyl adjacent to an activating group) is 3. The number of hydrogen-bond donors (Lipinski definition) is 4. The number of nitrogens with one attached hydrogen (secondary N) is 2. The quantitative estimate of drug-likeness (QED) is 0.110. The van der Waals surface area contributed by atoms with Gasteiger partial charge < -0.3 is 40.9 Å². The molecular formula is C43H61ClF3N7O9S. The largest absolute Gasteiger partial charge is 0.479 e. The maximum absolute atomic E-state index is 14.7. The van der Waals surface area contributed by atoms with Gasteiger partial charge in [0.1, 0.15) is 30.2 Å². The van der Waals surface area contributed by atoms with Crippen molar-refractivity contribution in [2.75, 3.05) is 21.1 Å². The van der Waals surface area contributed by atoms with E-state index < -0.39 is 90.0 Å². The van der Waals surface area contributed by atoms with Crippen molar-refractivity contribution in [1.29, 1.82) is 5.26 Å². The fraction of sp³-hybridized carbons (Fsp3) is 0.628. The Morgan fingerprint density at radius 2 is 1.33 bits per heavy atom. The normalized spacial score (nSPS) is 15.0. The van der Waals surface area contributed by atoms with Crippen molar-refractivity contribution in [3.8, 4) is 6.07 Å². The number of esters is 1. The van der Waals surface area contributed by atoms with Gasteiger partial charge in [0.2, 0.25) is 29.5 Å². The molecule has 21 heteroatoms. The van der Waals surface area contributed by atoms with Crippen LogP contribution in [0, 0.1) is 29.1 Å². The van der Waals surface area contributed by atoms with Gasteiger partial charge in [-0.3, -0.25) is 24.0 Å². The molecule has 1 heterocycles. The average molecular weight is 945 g/mol. The van der Waals surface area contributed by atoms with Gasteiger partial charge in [0, 0.05) is 50.1 Å². The number of benzene rings is 1. The first-order valence-corrected chi connectivity index (χ1v) is 22.1. The Bertz CT molecular complexity index is 2030. The van der Waals surface area contributed by atoms with Crippen LogP contribution in [0.4, 0.5) is 13.2 Å². The van der Waals surface area contributed by atoms with Gasteiger partial charge in [-0.25, -0.2) is 9.59 Å². The molecule has 0 radical (unpaired) electrons. The van der Waals surface area contributed by atoms with E-state index in [9.17, 15) is 51.8 Å². The number of nitrogens with two attached hydrogens (primary N) is 1. The van der Waals surface area contributed by atoms with Crippen LogP contribution >= 0.6 is 22.9 Å². The van der Waals surface area contributed by atoms with Gasteiger partial charge >= 0.3 is 18.1 Å². The maximum atomic E-state index is 14.7. The highest BCUT2D eigenvalue weighted by molar-refractivity contribution is 7.17. The molecule has 0 fully saturated rings. The Kier molecular flexibility index (Phi) is 21.0. The van der Waals surface area contributed by atoms with Gasteiger partial charge in [-0.1, -0.05) is 53.1 Å². The molecule has 0 saturated heterocycles. The second-order valence-corrected chi connectivity index (χ2v) is 18.5. The van der Waals surface area contributed by atoms with Gasteiger partial charge in [-0.05, 0) is 78.5 Å². The lowest BCUT2D eigenvalue weighted by molar-refractivity contribution is -0.172. The number of amides is 5. The monoisotopic (exact) mass is 943 g/mol. The van der Waals surface area contributed by atoms with Crippen molar-refractivity contribution in [2.24, 2.45) is 23.5 Å². The Labute approximate surface area is 380 Å². The minimum atomic E-state index is -5.08. The summed E-state index contributed by atoms with van der Waals surface area (Å²) in [6.07, 6.45) is -7.31. The van der Waals surface area contributed by atoms with E-state index in [1.54, 1.807) is 71.2 Å². The molecule has 7 atom stereocenters. The number of carboxylic acids is 1. The molecule has 16 nitrogen and oxygen atoms in total. The zero-order valence-electron chi connectivity index (χ0n) is 37.8. The van der Waals surface area contributed by atoms with Crippen molar-refractivity contribution in [3.05, 3.63) is 34.2 Å². The summed E-state index contributed by atoms with van der Waals surface area (Å²) >= 11 is 7.71. The van der Waals surface area contributed by atoms with Gasteiger partial charge in [0.05, 0.1) is 6.07 Å². The summed E-state index contributed by atoms with van der Waals surface area (Å²) in [4.78, 5) is 97.7. The molecule has 356 valence electrons. The van der Waals surface area contributed by atoms with Crippen molar-refractivity contribution >= 4 is 74.5 Å². The maximum Gasteiger partial charge on any atom is 0.412 e. The number of ether oxygens (including phenoxy) is 1. The molecule has 1 aromatic heterocycles. The molecule has 5 amide bonds. The summed E-state index contributed by atoms with van der Waals surface area (Å²) in [5, 5.41) is 26.7. The van der Waals surface area contributed by atoms with E-state index in [1.807, 2.05) is 0 Å². The fourth-order valence-electron chi connectivity index (χ4n) is 6.81. The van der Waals surface area contributed by atoms with E-state index in [1.165, 1.54) is 32.4 Å². The molecule has 0 aliphatic rings. The Morgan fingerprint density at radius 1 is 0.828 bits per heavy atom. The third-order valence-corrected chi connectivity index (χ3v) is 11.8. The zero-order valence-corrected chi connectivity index (χ0v) is 39.4. The van der Waals surface area contributed by atoms with Gasteiger partial charge in [0.15, 0.2) is 12.1 Å². The van der Waals surface area contributed by atoms with Crippen LogP contribution in [-0.4, -0.2) is 131 Å². The first-order valence-electron chi connectivity index (χ1n) is 20.8. The highest BCUT2D eigenvalue weighted by Crippen LogP contribution is 2.31. The first-order chi connectivity index (χ1) is 29.6. The van der Waals surface area contributed by atoms with Crippen molar-refractivity contribution < 1.29 is 56.6 Å². The number of rotatable bonds is 23. The number of carboxylic acid groups (broad SMARTS) is 1. The van der Waals surface area contributed by atoms with Crippen LogP contribution in [-0.2, 0) is 44.7 Å². The average Bonchev–Trinajstić information content (AvgIpc) is 3.60. The van der Waals surface area contributed by atoms with Crippen molar-refractivity contribution in [2.45, 2.75) is 136 Å². The summed E-state index contributed by atoms with van der Waals surface area (Å²) < 4.78 is 46.4. The molecule has 0 bridgehead atoms. The number of aliphatic carboxylic acids is 1. The predicted molar refractivity (Wildman–Crippen MR) is 235 cm³/mol. The number of hydrogen-bond acceptors (Lipinski definition) is 11. The standard InChI is InChI=1S/C43H61ClF3N7O9S/c1-22(2)16-29(38(57)52(8)25(7)42(62)63-33(41(60)61)12-11-15-48)50-37(56)32(19-26-21-64-34-14-13-27(44)20-28(26)34)53(9)39(58)30(17-23(3)4)51-36(55)31(18-24(5)6)54(10)40(59)35(49)43(45,46)47/h13-14,20-25,29-33,35H,11-12,16-19,49H2,1-10H3,(H,50,56)(H,51,55)(H,60,61)/t25-,29-,30-,31-,32-,33+,35+/m0/s1. The lowest BCUT2D eigenvalue weighted by Gasteiger charge is -2.35. The molecular weight excluding hydrogens is 883 g/mol. The third-order valence-electron chi connectivity index (χ3n) is 10.5. The van der Waals surface area contributed by atoms with Crippen molar-refractivity contribution in [1.82, 2.24) is 25.3 Å². The highest BCUT2D eigenvalue weighted by Gasteiger charge is 2.46. The van der Waals surface area contributed by atoms with Crippen LogP contribution in [0.25, 0.3) is 10.1 Å². The highest BCUT2D eigenvalue weighted by atomic mass is 35.5. The molecule has 0 unspecified atom stereocenters. The van der Waals surface area contributed by atoms with Crippen LogP contribution in [0.3, 0.4) is 0 Å².